The van der Waals surface area contributed by atoms with Crippen LogP contribution < -0.4 is 9.46 Å². The van der Waals surface area contributed by atoms with Crippen molar-refractivity contribution in [2.45, 2.75) is 93.9 Å². The predicted molar refractivity (Wildman–Crippen MR) is 142 cm³/mol. The van der Waals surface area contributed by atoms with Gasteiger partial charge in [-0.2, -0.15) is 0 Å². The van der Waals surface area contributed by atoms with Gasteiger partial charge in [0, 0.05) is 58.1 Å². The van der Waals surface area contributed by atoms with Crippen molar-refractivity contribution in [3.8, 4) is 0 Å². The Bertz CT molecular complexity index is 1200. The van der Waals surface area contributed by atoms with Crippen molar-refractivity contribution in [3.63, 3.8) is 0 Å². The van der Waals surface area contributed by atoms with E-state index in [1.165, 1.54) is 9.46 Å². The summed E-state index contributed by atoms with van der Waals surface area (Å²) >= 11 is 0. The summed E-state index contributed by atoms with van der Waals surface area (Å²) in [7, 11) is 0. The van der Waals surface area contributed by atoms with E-state index in [4.69, 9.17) is 0 Å². The highest BCUT2D eigenvalue weighted by Crippen LogP contribution is 2.30. The van der Waals surface area contributed by atoms with Crippen LogP contribution in [0.25, 0.3) is 0 Å². The van der Waals surface area contributed by atoms with Crippen LogP contribution in [0.15, 0.2) is 41.4 Å². The van der Waals surface area contributed by atoms with Crippen molar-refractivity contribution in [1.29, 1.82) is 0 Å². The molecule has 0 spiro atoms. The molecular formula is C30H46N3O3+3. The van der Waals surface area contributed by atoms with Crippen molar-refractivity contribution < 1.29 is 29.8 Å². The van der Waals surface area contributed by atoms with Crippen LogP contribution in [0, 0.1) is 26.7 Å². The maximum Gasteiger partial charge on any atom is 0.234 e. The Balaban J connectivity index is 2.50. The molecule has 6 heteroatoms. The molecule has 0 fully saturated rings. The van der Waals surface area contributed by atoms with E-state index in [9.17, 15) is 15.6 Å². The summed E-state index contributed by atoms with van der Waals surface area (Å²) in [5, 5.41) is 31.2. The summed E-state index contributed by atoms with van der Waals surface area (Å²) in [6.45, 7) is 24.1. The molecule has 2 aromatic heterocycles. The number of pyridine rings is 2. The summed E-state index contributed by atoms with van der Waals surface area (Å²) in [6.07, 6.45) is 7.13. The third-order valence-corrected chi connectivity index (χ3v) is 7.25. The zero-order valence-electron chi connectivity index (χ0n) is 23.8. The van der Waals surface area contributed by atoms with Crippen LogP contribution in [-0.2, 0) is 12.8 Å². The second-order valence-electron chi connectivity index (χ2n) is 10.9. The van der Waals surface area contributed by atoms with E-state index in [1.54, 1.807) is 12.4 Å². The van der Waals surface area contributed by atoms with Gasteiger partial charge < -0.3 is 0 Å². The first-order valence-corrected chi connectivity index (χ1v) is 12.8. The Hall–Kier alpha value is -3.15. The average molecular weight is 497 g/mol. The molecule has 0 aromatic carbocycles. The molecule has 3 N–H and O–H groups in total. The number of hydrogen-bond donors (Lipinski definition) is 3. The Labute approximate surface area is 217 Å². The lowest BCUT2D eigenvalue weighted by molar-refractivity contribution is -0.909. The highest BCUT2D eigenvalue weighted by molar-refractivity contribution is 5.38. The molecule has 6 nitrogen and oxygen atoms in total. The number of hydrogen-bond acceptors (Lipinski definition) is 3. The Kier molecular flexibility index (Phi) is 9.47. The van der Waals surface area contributed by atoms with Crippen molar-refractivity contribution in [2.75, 3.05) is 0 Å². The van der Waals surface area contributed by atoms with Gasteiger partial charge in [0.05, 0.1) is 0 Å². The quantitative estimate of drug-likeness (QED) is 0.105. The van der Waals surface area contributed by atoms with Gasteiger partial charge in [-0.1, -0.05) is 39.3 Å². The summed E-state index contributed by atoms with van der Waals surface area (Å²) in [4.78, 5) is 0. The molecule has 196 valence electrons. The zero-order chi connectivity index (χ0) is 27.5. The topological polar surface area (TPSA) is 71.5 Å². The Morgan fingerprint density at radius 2 is 1.56 bits per heavy atom. The molecule has 0 radical (unpaired) electrons. The van der Waals surface area contributed by atoms with Gasteiger partial charge in [-0.15, -0.1) is 0 Å². The van der Waals surface area contributed by atoms with Gasteiger partial charge in [-0.3, -0.25) is 15.6 Å². The van der Waals surface area contributed by atoms with Crippen LogP contribution in [0.5, 0.6) is 0 Å². The minimum absolute atomic E-state index is 0.0971. The first-order valence-electron chi connectivity index (χ1n) is 12.8. The van der Waals surface area contributed by atoms with Crippen LogP contribution >= 0.6 is 0 Å². The van der Waals surface area contributed by atoms with E-state index in [1.807, 2.05) is 34.6 Å². The van der Waals surface area contributed by atoms with Crippen molar-refractivity contribution in [2.24, 2.45) is 5.92 Å². The largest absolute Gasteiger partial charge is 0.286 e. The summed E-state index contributed by atoms with van der Waals surface area (Å²) in [5.41, 5.74) is 10.1. The molecule has 0 saturated heterocycles. The fraction of sp³-hybridized carbons (Fsp3) is 0.500. The lowest BCUT2D eigenvalue weighted by Crippen LogP contribution is -2.37. The fourth-order valence-electron chi connectivity index (χ4n) is 5.22. The van der Waals surface area contributed by atoms with Gasteiger partial charge >= 0.3 is 0 Å². The summed E-state index contributed by atoms with van der Waals surface area (Å²) < 4.78 is 3.39. The molecule has 36 heavy (non-hydrogen) atoms. The van der Waals surface area contributed by atoms with Crippen molar-refractivity contribution >= 4 is 6.72 Å². The van der Waals surface area contributed by atoms with E-state index in [2.05, 4.69) is 53.5 Å². The first kappa shape index (κ1) is 29.1. The Morgan fingerprint density at radius 3 is 2.08 bits per heavy atom. The molecule has 2 unspecified atom stereocenters. The van der Waals surface area contributed by atoms with Crippen LogP contribution in [-0.4, -0.2) is 27.1 Å². The maximum atomic E-state index is 10.8. The normalized spacial score (nSPS) is 13.9. The summed E-state index contributed by atoms with van der Waals surface area (Å²) in [6, 6.07) is 2.19. The molecule has 0 aliphatic heterocycles. The monoisotopic (exact) mass is 496 g/mol. The van der Waals surface area contributed by atoms with Crippen LogP contribution in [0.1, 0.15) is 99.5 Å². The Morgan fingerprint density at radius 1 is 0.972 bits per heavy atom. The molecule has 0 bridgehead atoms. The highest BCUT2D eigenvalue weighted by atomic mass is 16.5. The first-order chi connectivity index (χ1) is 16.6. The van der Waals surface area contributed by atoms with Gasteiger partial charge in [-0.05, 0) is 67.7 Å². The van der Waals surface area contributed by atoms with E-state index in [-0.39, 0.29) is 11.8 Å². The minimum atomic E-state index is 0.0971. The zero-order valence-corrected chi connectivity index (χ0v) is 23.8. The smallest absolute Gasteiger partial charge is 0.234 e. The molecule has 0 aliphatic carbocycles. The minimum Gasteiger partial charge on any atom is -0.286 e. The standard InChI is InChI=1S/C30H46N3O3/c1-18(2)12-29(23(8)31(11)34)20(5)14-27-17-33(36)25(10)30(22(27)7)21(6)13-26-15-28(19(3)4)24(9)32(35)16-26/h12,15-17,19-21,34-36H,11,13-14H2,1-10H3/q+3/b29-23+. The molecule has 2 atom stereocenters. The molecule has 0 aliphatic rings. The number of nitrogens with zero attached hydrogens (tertiary/aromatic N) is 3. The maximum absolute atomic E-state index is 10.8. The van der Waals surface area contributed by atoms with E-state index in [0.717, 1.165) is 61.5 Å². The van der Waals surface area contributed by atoms with E-state index in [0.29, 0.717) is 18.0 Å². The second kappa shape index (κ2) is 11.7. The van der Waals surface area contributed by atoms with Gasteiger partial charge in [-0.25, -0.2) is 0 Å². The molecular weight excluding hydrogens is 450 g/mol. The molecule has 2 aromatic rings. The number of allylic oxidation sites excluding steroid dienone is 4. The predicted octanol–water partition coefficient (Wildman–Crippen LogP) is 5.65. The van der Waals surface area contributed by atoms with Crippen molar-refractivity contribution in [1.82, 2.24) is 0 Å². The van der Waals surface area contributed by atoms with Crippen LogP contribution in [0.3, 0.4) is 0 Å². The molecule has 0 amide bonds. The lowest BCUT2D eigenvalue weighted by atomic mass is 9.84. The summed E-state index contributed by atoms with van der Waals surface area (Å²) in [5.74, 6) is 0.537. The number of hydroxylamine groups is 1. The van der Waals surface area contributed by atoms with Gasteiger partial charge in [0.15, 0.2) is 6.72 Å². The molecule has 2 heterocycles. The van der Waals surface area contributed by atoms with Gasteiger partial charge in [0.25, 0.3) is 0 Å². The highest BCUT2D eigenvalue weighted by Gasteiger charge is 2.27. The fourth-order valence-corrected chi connectivity index (χ4v) is 5.22. The lowest BCUT2D eigenvalue weighted by Gasteiger charge is -2.19. The molecule has 2 rings (SSSR count). The average Bonchev–Trinajstić information content (AvgIpc) is 2.77. The van der Waals surface area contributed by atoms with Gasteiger partial charge in [0.1, 0.15) is 0 Å². The van der Waals surface area contributed by atoms with Crippen LogP contribution in [0.2, 0.25) is 0 Å². The van der Waals surface area contributed by atoms with E-state index >= 15 is 0 Å². The number of aromatic nitrogens is 2. The third kappa shape index (κ3) is 6.54. The van der Waals surface area contributed by atoms with E-state index < -0.39 is 0 Å². The van der Waals surface area contributed by atoms with Crippen LogP contribution in [0.4, 0.5) is 0 Å². The van der Waals surface area contributed by atoms with Crippen molar-refractivity contribution in [3.05, 3.63) is 80.6 Å². The SMILES string of the molecule is C=[N+](O)/C(C)=C(\C=C(C)C)C(C)Cc1c[n+](O)c(C)c(C(C)Cc2cc(C(C)C)c(C)[n+](O)c2)c1C. The van der Waals surface area contributed by atoms with Gasteiger partial charge in [0.2, 0.25) is 29.5 Å². The molecule has 0 saturated carbocycles. The number of rotatable bonds is 9. The second-order valence-corrected chi connectivity index (χ2v) is 10.9. The third-order valence-electron chi connectivity index (χ3n) is 7.25.